The summed E-state index contributed by atoms with van der Waals surface area (Å²) in [5, 5.41) is 6.98. The van der Waals surface area contributed by atoms with E-state index >= 15 is 0 Å². The fraction of sp³-hybridized carbons (Fsp3) is 0.182. The molecule has 7 heteroatoms. The zero-order chi connectivity index (χ0) is 12.9. The number of aromatic nitrogens is 4. The maximum atomic E-state index is 13.3. The van der Waals surface area contributed by atoms with Crippen LogP contribution in [0.5, 0.6) is 0 Å². The van der Waals surface area contributed by atoms with E-state index in [4.69, 9.17) is 12.2 Å². The van der Waals surface area contributed by atoms with Gasteiger partial charge >= 0.3 is 0 Å². The standard InChI is InChI=1S/C11H9FN4OS/c1-2-15-9(17)7-5-6(12)3-4-8(7)16-10(15)13-14-11(16)18/h3-5H,2H2,1H3,(H,14,18). The minimum Gasteiger partial charge on any atom is -0.277 e. The van der Waals surface area contributed by atoms with Crippen LogP contribution >= 0.6 is 12.2 Å². The number of aryl methyl sites for hydroxylation is 1. The van der Waals surface area contributed by atoms with Gasteiger partial charge in [-0.2, -0.15) is 0 Å². The molecule has 3 rings (SSSR count). The van der Waals surface area contributed by atoms with Crippen LogP contribution in [0.3, 0.4) is 0 Å². The van der Waals surface area contributed by atoms with Gasteiger partial charge in [-0.1, -0.05) is 0 Å². The topological polar surface area (TPSA) is 55.1 Å². The SMILES string of the molecule is CCn1c(=O)c2cc(F)ccc2n2c(=S)[nH]nc12. The number of aromatic amines is 1. The molecule has 0 saturated heterocycles. The molecule has 0 aliphatic carbocycles. The van der Waals surface area contributed by atoms with Gasteiger partial charge in [0.15, 0.2) is 0 Å². The summed E-state index contributed by atoms with van der Waals surface area (Å²) in [5.41, 5.74) is 0.286. The summed E-state index contributed by atoms with van der Waals surface area (Å²) in [6, 6.07) is 4.05. The molecule has 92 valence electrons. The molecule has 0 unspecified atom stereocenters. The molecule has 18 heavy (non-hydrogen) atoms. The highest BCUT2D eigenvalue weighted by Crippen LogP contribution is 2.14. The van der Waals surface area contributed by atoms with Gasteiger partial charge in [0.25, 0.3) is 5.56 Å². The van der Waals surface area contributed by atoms with Crippen LogP contribution in [0.25, 0.3) is 16.7 Å². The van der Waals surface area contributed by atoms with Crippen molar-refractivity contribution in [3.05, 3.63) is 39.1 Å². The highest BCUT2D eigenvalue weighted by molar-refractivity contribution is 7.71. The van der Waals surface area contributed by atoms with Crippen molar-refractivity contribution in [1.82, 2.24) is 19.2 Å². The number of hydrogen-bond donors (Lipinski definition) is 1. The van der Waals surface area contributed by atoms with E-state index in [0.29, 0.717) is 28.0 Å². The molecule has 0 atom stereocenters. The Morgan fingerprint density at radius 3 is 3.00 bits per heavy atom. The minimum absolute atomic E-state index is 0.270. The molecule has 1 aromatic carbocycles. The number of nitrogens with zero attached hydrogens (tertiary/aromatic N) is 3. The molecule has 0 amide bonds. The smallest absolute Gasteiger partial charge is 0.262 e. The van der Waals surface area contributed by atoms with E-state index in [2.05, 4.69) is 10.2 Å². The van der Waals surface area contributed by atoms with Gasteiger partial charge in [-0.15, -0.1) is 5.10 Å². The fourth-order valence-corrected chi connectivity index (χ4v) is 2.31. The highest BCUT2D eigenvalue weighted by atomic mass is 32.1. The molecule has 0 saturated carbocycles. The van der Waals surface area contributed by atoms with Crippen molar-refractivity contribution in [2.75, 3.05) is 0 Å². The minimum atomic E-state index is -0.448. The lowest BCUT2D eigenvalue weighted by atomic mass is 10.2. The summed E-state index contributed by atoms with van der Waals surface area (Å²) >= 11 is 5.13. The summed E-state index contributed by atoms with van der Waals surface area (Å²) in [4.78, 5) is 12.2. The van der Waals surface area contributed by atoms with E-state index in [9.17, 15) is 9.18 Å². The molecule has 0 aliphatic heterocycles. The Kier molecular flexibility index (Phi) is 2.30. The highest BCUT2D eigenvalue weighted by Gasteiger charge is 2.12. The maximum absolute atomic E-state index is 13.3. The van der Waals surface area contributed by atoms with Gasteiger partial charge in [0, 0.05) is 6.54 Å². The van der Waals surface area contributed by atoms with Crippen LogP contribution in [0, 0.1) is 10.6 Å². The molecule has 0 fully saturated rings. The molecule has 2 heterocycles. The Balaban J connectivity index is 2.73. The molecule has 3 aromatic rings. The molecule has 2 aromatic heterocycles. The van der Waals surface area contributed by atoms with E-state index in [1.54, 1.807) is 4.40 Å². The molecule has 0 bridgehead atoms. The summed E-state index contributed by atoms with van der Waals surface area (Å²) in [6.45, 7) is 2.26. The third kappa shape index (κ3) is 1.34. The Morgan fingerprint density at radius 2 is 2.28 bits per heavy atom. The van der Waals surface area contributed by atoms with Crippen molar-refractivity contribution in [3.8, 4) is 0 Å². The van der Waals surface area contributed by atoms with Gasteiger partial charge in [-0.3, -0.25) is 13.8 Å². The van der Waals surface area contributed by atoms with Crippen molar-refractivity contribution in [3.63, 3.8) is 0 Å². The largest absolute Gasteiger partial charge is 0.277 e. The number of halogens is 1. The summed E-state index contributed by atoms with van der Waals surface area (Å²) < 4.78 is 16.7. The van der Waals surface area contributed by atoms with E-state index in [1.165, 1.54) is 22.8 Å². The zero-order valence-electron chi connectivity index (χ0n) is 9.48. The summed E-state index contributed by atoms with van der Waals surface area (Å²) in [5.74, 6) is -0.0109. The second kappa shape index (κ2) is 3.74. The number of benzene rings is 1. The monoisotopic (exact) mass is 264 g/mol. The first-order valence-corrected chi connectivity index (χ1v) is 5.83. The van der Waals surface area contributed by atoms with Crippen LogP contribution < -0.4 is 5.56 Å². The van der Waals surface area contributed by atoms with Gasteiger partial charge < -0.3 is 0 Å². The first kappa shape index (κ1) is 11.1. The van der Waals surface area contributed by atoms with Crippen molar-refractivity contribution in [1.29, 1.82) is 0 Å². The van der Waals surface area contributed by atoms with Crippen LogP contribution in [0.2, 0.25) is 0 Å². The zero-order valence-corrected chi connectivity index (χ0v) is 10.3. The Bertz CT molecular complexity index is 876. The Labute approximate surface area is 105 Å². The molecule has 5 nitrogen and oxygen atoms in total. The number of fused-ring (bicyclic) bond motifs is 3. The van der Waals surface area contributed by atoms with E-state index in [0.717, 1.165) is 0 Å². The van der Waals surface area contributed by atoms with Gasteiger partial charge in [-0.25, -0.2) is 9.49 Å². The number of hydrogen-bond acceptors (Lipinski definition) is 3. The van der Waals surface area contributed by atoms with Crippen molar-refractivity contribution < 1.29 is 4.39 Å². The fourth-order valence-electron chi connectivity index (χ4n) is 2.08. The van der Waals surface area contributed by atoms with E-state index in [1.807, 2.05) is 6.92 Å². The second-order valence-electron chi connectivity index (χ2n) is 3.88. The van der Waals surface area contributed by atoms with Gasteiger partial charge in [0.1, 0.15) is 5.82 Å². The molecule has 0 radical (unpaired) electrons. The lowest BCUT2D eigenvalue weighted by Gasteiger charge is -2.07. The number of nitrogens with one attached hydrogen (secondary N) is 1. The molecular weight excluding hydrogens is 255 g/mol. The second-order valence-corrected chi connectivity index (χ2v) is 4.26. The predicted octanol–water partition coefficient (Wildman–Crippen LogP) is 1.87. The third-order valence-electron chi connectivity index (χ3n) is 2.89. The molecule has 1 N–H and O–H groups in total. The van der Waals surface area contributed by atoms with Crippen molar-refractivity contribution in [2.45, 2.75) is 13.5 Å². The van der Waals surface area contributed by atoms with Crippen LogP contribution in [-0.4, -0.2) is 19.2 Å². The van der Waals surface area contributed by atoms with Crippen LogP contribution in [-0.2, 0) is 6.54 Å². The van der Waals surface area contributed by atoms with E-state index < -0.39 is 5.82 Å². The Hall–Kier alpha value is -2.02. The number of rotatable bonds is 1. The van der Waals surface area contributed by atoms with Crippen LogP contribution in [0.1, 0.15) is 6.92 Å². The first-order chi connectivity index (χ1) is 8.63. The molecular formula is C11H9FN4OS. The lowest BCUT2D eigenvalue weighted by Crippen LogP contribution is -2.22. The van der Waals surface area contributed by atoms with Crippen molar-refractivity contribution >= 4 is 28.9 Å². The summed E-state index contributed by atoms with van der Waals surface area (Å²) in [7, 11) is 0. The van der Waals surface area contributed by atoms with Gasteiger partial charge in [0.2, 0.25) is 10.5 Å². The summed E-state index contributed by atoms with van der Waals surface area (Å²) in [6.07, 6.45) is 0. The average Bonchev–Trinajstić information content (AvgIpc) is 2.72. The average molecular weight is 264 g/mol. The maximum Gasteiger partial charge on any atom is 0.262 e. The number of H-pyrrole nitrogens is 1. The van der Waals surface area contributed by atoms with Gasteiger partial charge in [-0.05, 0) is 37.3 Å². The predicted molar refractivity (Wildman–Crippen MR) is 67.8 cm³/mol. The third-order valence-corrected chi connectivity index (χ3v) is 3.16. The molecule has 0 aliphatic rings. The van der Waals surface area contributed by atoms with Crippen molar-refractivity contribution in [2.24, 2.45) is 0 Å². The van der Waals surface area contributed by atoms with Crippen LogP contribution in [0.4, 0.5) is 4.39 Å². The first-order valence-electron chi connectivity index (χ1n) is 5.42. The lowest BCUT2D eigenvalue weighted by molar-refractivity contribution is 0.628. The van der Waals surface area contributed by atoms with E-state index in [-0.39, 0.29) is 5.56 Å². The molecule has 0 spiro atoms. The van der Waals surface area contributed by atoms with Crippen LogP contribution in [0.15, 0.2) is 23.0 Å². The quantitative estimate of drug-likeness (QED) is 0.683. The normalized spacial score (nSPS) is 11.4. The Morgan fingerprint density at radius 1 is 1.50 bits per heavy atom. The van der Waals surface area contributed by atoms with Gasteiger partial charge in [0.05, 0.1) is 10.9 Å².